The van der Waals surface area contributed by atoms with Crippen LogP contribution in [0.4, 0.5) is 0 Å². The maximum absolute atomic E-state index is 11.5. The molecule has 0 spiro atoms. The van der Waals surface area contributed by atoms with Gasteiger partial charge in [0.2, 0.25) is 0 Å². The third-order valence-corrected chi connectivity index (χ3v) is 2.74. The predicted molar refractivity (Wildman–Crippen MR) is 67.8 cm³/mol. The molecule has 0 amide bonds. The van der Waals surface area contributed by atoms with E-state index in [4.69, 9.17) is 0 Å². The summed E-state index contributed by atoms with van der Waals surface area (Å²) in [6.07, 6.45) is 3.75. The normalized spacial score (nSPS) is 10.6. The van der Waals surface area contributed by atoms with Crippen molar-refractivity contribution < 1.29 is 0 Å². The Morgan fingerprint density at radius 2 is 2.06 bits per heavy atom. The number of unbranched alkanes of at least 4 members (excludes halogenated alkanes) is 2. The molecule has 0 bridgehead atoms. The molecule has 1 heterocycles. The average molecular weight is 222 g/mol. The molecule has 0 fully saturated rings. The molecule has 0 unspecified atom stereocenters. The Balaban J connectivity index is 2.29. The minimum absolute atomic E-state index is 0.0929. The van der Waals surface area contributed by atoms with Gasteiger partial charge in [0.25, 0.3) is 5.56 Å². The molecule has 16 heavy (non-hydrogen) atoms. The number of hydrogen-bond acceptors (Lipinski definition) is 2. The largest absolute Gasteiger partial charge is 0.315 e. The van der Waals surface area contributed by atoms with Gasteiger partial charge in [0.15, 0.2) is 0 Å². The molecular formula is C13H22N2O. The van der Waals surface area contributed by atoms with Crippen molar-refractivity contribution in [3.63, 3.8) is 0 Å². The van der Waals surface area contributed by atoms with Crippen molar-refractivity contribution in [2.45, 2.75) is 39.7 Å². The van der Waals surface area contributed by atoms with E-state index in [1.807, 2.05) is 23.6 Å². The van der Waals surface area contributed by atoms with Crippen LogP contribution >= 0.6 is 0 Å². The van der Waals surface area contributed by atoms with Gasteiger partial charge in [-0.1, -0.05) is 25.8 Å². The number of pyridine rings is 1. The molecule has 0 radical (unpaired) electrons. The summed E-state index contributed by atoms with van der Waals surface area (Å²) in [5, 5.41) is 3.36. The van der Waals surface area contributed by atoms with Gasteiger partial charge in [-0.05, 0) is 26.0 Å². The Hall–Kier alpha value is -1.09. The van der Waals surface area contributed by atoms with Gasteiger partial charge in [-0.15, -0.1) is 0 Å². The molecule has 0 aromatic carbocycles. The molecular weight excluding hydrogens is 200 g/mol. The van der Waals surface area contributed by atoms with E-state index in [0.717, 1.165) is 25.3 Å². The molecule has 0 aliphatic heterocycles. The number of aromatic nitrogens is 1. The molecule has 0 aliphatic rings. The van der Waals surface area contributed by atoms with E-state index in [-0.39, 0.29) is 5.56 Å². The number of nitrogens with zero attached hydrogens (tertiary/aromatic N) is 1. The van der Waals surface area contributed by atoms with Crippen LogP contribution in [0.15, 0.2) is 23.0 Å². The molecule has 90 valence electrons. The number of hydrogen-bond donors (Lipinski definition) is 1. The lowest BCUT2D eigenvalue weighted by molar-refractivity contribution is 0.554. The van der Waals surface area contributed by atoms with Crippen molar-refractivity contribution in [3.8, 4) is 0 Å². The van der Waals surface area contributed by atoms with Crippen molar-refractivity contribution in [1.82, 2.24) is 9.88 Å². The van der Waals surface area contributed by atoms with Gasteiger partial charge < -0.3 is 9.88 Å². The lowest BCUT2D eigenvalue weighted by atomic mass is 10.2. The molecule has 0 saturated carbocycles. The van der Waals surface area contributed by atoms with Crippen molar-refractivity contribution >= 4 is 0 Å². The zero-order chi connectivity index (χ0) is 11.8. The van der Waals surface area contributed by atoms with E-state index in [0.29, 0.717) is 0 Å². The number of aryl methyl sites for hydroxylation is 1. The summed E-state index contributed by atoms with van der Waals surface area (Å²) >= 11 is 0. The average Bonchev–Trinajstić information content (AvgIpc) is 2.26. The van der Waals surface area contributed by atoms with Crippen LogP contribution < -0.4 is 10.9 Å². The molecule has 1 aromatic heterocycles. The van der Waals surface area contributed by atoms with E-state index in [9.17, 15) is 4.79 Å². The first-order valence-corrected chi connectivity index (χ1v) is 6.13. The molecule has 3 heteroatoms. The van der Waals surface area contributed by atoms with E-state index < -0.39 is 0 Å². The standard InChI is InChI=1S/C13H22N2O/c1-3-4-5-9-14-10-11-15-12(2)7-6-8-13(15)16/h6-8,14H,3-5,9-11H2,1-2H3. The molecule has 0 aliphatic carbocycles. The fourth-order valence-electron chi connectivity index (χ4n) is 1.73. The van der Waals surface area contributed by atoms with E-state index in [1.165, 1.54) is 19.3 Å². The van der Waals surface area contributed by atoms with Crippen molar-refractivity contribution in [1.29, 1.82) is 0 Å². The zero-order valence-electron chi connectivity index (χ0n) is 10.3. The number of rotatable bonds is 7. The highest BCUT2D eigenvalue weighted by molar-refractivity contribution is 5.04. The summed E-state index contributed by atoms with van der Waals surface area (Å²) in [5.74, 6) is 0. The van der Waals surface area contributed by atoms with E-state index in [2.05, 4.69) is 12.2 Å². The van der Waals surface area contributed by atoms with Gasteiger partial charge in [0.05, 0.1) is 0 Å². The monoisotopic (exact) mass is 222 g/mol. The van der Waals surface area contributed by atoms with Gasteiger partial charge >= 0.3 is 0 Å². The van der Waals surface area contributed by atoms with Crippen LogP contribution in [-0.4, -0.2) is 17.7 Å². The summed E-state index contributed by atoms with van der Waals surface area (Å²) in [6, 6.07) is 5.39. The Morgan fingerprint density at radius 3 is 2.75 bits per heavy atom. The second-order valence-electron chi connectivity index (χ2n) is 4.11. The van der Waals surface area contributed by atoms with Gasteiger partial charge in [0, 0.05) is 24.8 Å². The second kappa shape index (κ2) is 7.23. The highest BCUT2D eigenvalue weighted by Crippen LogP contribution is 1.93. The maximum Gasteiger partial charge on any atom is 0.250 e. The first kappa shape index (κ1) is 13.0. The van der Waals surface area contributed by atoms with Crippen LogP contribution in [0.2, 0.25) is 0 Å². The van der Waals surface area contributed by atoms with Gasteiger partial charge in [-0.2, -0.15) is 0 Å². The van der Waals surface area contributed by atoms with Crippen LogP contribution in [0, 0.1) is 6.92 Å². The lowest BCUT2D eigenvalue weighted by Crippen LogP contribution is -2.28. The highest BCUT2D eigenvalue weighted by Gasteiger charge is 1.97. The summed E-state index contributed by atoms with van der Waals surface area (Å²) < 4.78 is 1.81. The van der Waals surface area contributed by atoms with Gasteiger partial charge in [-0.3, -0.25) is 4.79 Å². The molecule has 0 atom stereocenters. The molecule has 1 N–H and O–H groups in total. The van der Waals surface area contributed by atoms with Gasteiger partial charge in [-0.25, -0.2) is 0 Å². The Labute approximate surface area is 97.5 Å². The highest BCUT2D eigenvalue weighted by atomic mass is 16.1. The number of nitrogens with one attached hydrogen (secondary N) is 1. The van der Waals surface area contributed by atoms with Crippen molar-refractivity contribution in [2.24, 2.45) is 0 Å². The van der Waals surface area contributed by atoms with Crippen molar-refractivity contribution in [2.75, 3.05) is 13.1 Å². The Bertz CT molecular complexity index is 357. The summed E-state index contributed by atoms with van der Waals surface area (Å²) in [7, 11) is 0. The molecule has 1 aromatic rings. The minimum Gasteiger partial charge on any atom is -0.315 e. The predicted octanol–water partition coefficient (Wildman–Crippen LogP) is 1.94. The van der Waals surface area contributed by atoms with E-state index >= 15 is 0 Å². The summed E-state index contributed by atoms with van der Waals surface area (Å²) in [6.45, 7) is 6.85. The third kappa shape index (κ3) is 4.19. The topological polar surface area (TPSA) is 34.0 Å². The van der Waals surface area contributed by atoms with Crippen LogP contribution in [-0.2, 0) is 6.54 Å². The third-order valence-electron chi connectivity index (χ3n) is 2.74. The first-order chi connectivity index (χ1) is 7.75. The molecule has 1 rings (SSSR count). The smallest absolute Gasteiger partial charge is 0.250 e. The zero-order valence-corrected chi connectivity index (χ0v) is 10.3. The van der Waals surface area contributed by atoms with Crippen LogP contribution in [0.1, 0.15) is 31.9 Å². The Kier molecular flexibility index (Phi) is 5.86. The fourth-order valence-corrected chi connectivity index (χ4v) is 1.73. The van der Waals surface area contributed by atoms with Crippen LogP contribution in [0.25, 0.3) is 0 Å². The molecule has 3 nitrogen and oxygen atoms in total. The minimum atomic E-state index is 0.0929. The van der Waals surface area contributed by atoms with Gasteiger partial charge in [0.1, 0.15) is 0 Å². The SMILES string of the molecule is CCCCCNCCn1c(C)cccc1=O. The Morgan fingerprint density at radius 1 is 1.25 bits per heavy atom. The quantitative estimate of drug-likeness (QED) is 0.715. The van der Waals surface area contributed by atoms with Crippen molar-refractivity contribution in [3.05, 3.63) is 34.2 Å². The lowest BCUT2D eigenvalue weighted by Gasteiger charge is -2.09. The summed E-state index contributed by atoms with van der Waals surface area (Å²) in [5.41, 5.74) is 1.12. The van der Waals surface area contributed by atoms with Crippen LogP contribution in [0.3, 0.4) is 0 Å². The first-order valence-electron chi connectivity index (χ1n) is 6.13. The fraction of sp³-hybridized carbons (Fsp3) is 0.615. The summed E-state index contributed by atoms with van der Waals surface area (Å²) in [4.78, 5) is 11.5. The second-order valence-corrected chi connectivity index (χ2v) is 4.11. The maximum atomic E-state index is 11.5. The van der Waals surface area contributed by atoms with E-state index in [1.54, 1.807) is 6.07 Å². The van der Waals surface area contributed by atoms with Crippen LogP contribution in [0.5, 0.6) is 0 Å². The molecule has 0 saturated heterocycles.